The van der Waals surface area contributed by atoms with E-state index in [1.807, 2.05) is 26.2 Å². The summed E-state index contributed by atoms with van der Waals surface area (Å²) in [5.74, 6) is -0.461. The summed E-state index contributed by atoms with van der Waals surface area (Å²) >= 11 is 0. The zero-order chi connectivity index (χ0) is 15.9. The summed E-state index contributed by atoms with van der Waals surface area (Å²) in [7, 11) is 1.82. The van der Waals surface area contributed by atoms with Crippen molar-refractivity contribution in [1.82, 2.24) is 9.47 Å². The number of aliphatic hydroxyl groups excluding tert-OH is 1. The minimum absolute atomic E-state index is 0.129. The van der Waals surface area contributed by atoms with Crippen LogP contribution in [0.4, 0.5) is 4.39 Å². The molecule has 1 N–H and O–H groups in total. The second-order valence-corrected chi connectivity index (χ2v) is 5.88. The van der Waals surface area contributed by atoms with Crippen molar-refractivity contribution in [3.8, 4) is 0 Å². The molecule has 1 aromatic heterocycles. The van der Waals surface area contributed by atoms with Gasteiger partial charge in [0.05, 0.1) is 12.1 Å². The fourth-order valence-electron chi connectivity index (χ4n) is 3.18. The van der Waals surface area contributed by atoms with Crippen LogP contribution >= 0.6 is 0 Å². The molecule has 1 amide bonds. The van der Waals surface area contributed by atoms with Crippen LogP contribution in [-0.2, 0) is 7.05 Å². The standard InChI is InChI=1S/C17H19FN2O2/c1-11-6-7-19(2)16(11)17(22)20-10-14(21)9-15(20)12-4-3-5-13(18)8-12/h3-8,14-15,21H,9-10H2,1-2H3/t14-,15-/m0/s1. The maximum atomic E-state index is 13.5. The Morgan fingerprint density at radius 1 is 1.36 bits per heavy atom. The van der Waals surface area contributed by atoms with E-state index in [2.05, 4.69) is 0 Å². The van der Waals surface area contributed by atoms with E-state index < -0.39 is 6.10 Å². The molecule has 1 fully saturated rings. The molecule has 5 heteroatoms. The van der Waals surface area contributed by atoms with Crippen molar-refractivity contribution in [2.24, 2.45) is 7.05 Å². The van der Waals surface area contributed by atoms with E-state index in [1.165, 1.54) is 12.1 Å². The minimum atomic E-state index is -0.585. The van der Waals surface area contributed by atoms with Crippen LogP contribution in [-0.4, -0.2) is 33.1 Å². The number of halogens is 1. The van der Waals surface area contributed by atoms with Gasteiger partial charge in [0.25, 0.3) is 5.91 Å². The van der Waals surface area contributed by atoms with Crippen LogP contribution in [0, 0.1) is 12.7 Å². The maximum absolute atomic E-state index is 13.5. The molecular formula is C17H19FN2O2. The summed E-state index contributed by atoms with van der Waals surface area (Å²) in [5.41, 5.74) is 2.22. The number of aromatic nitrogens is 1. The van der Waals surface area contributed by atoms with E-state index in [1.54, 1.807) is 21.6 Å². The van der Waals surface area contributed by atoms with Gasteiger partial charge in [-0.25, -0.2) is 4.39 Å². The normalized spacial score (nSPS) is 21.4. The number of aliphatic hydroxyl groups is 1. The average molecular weight is 302 g/mol. The third-order valence-electron chi connectivity index (χ3n) is 4.25. The Morgan fingerprint density at radius 2 is 2.14 bits per heavy atom. The third kappa shape index (κ3) is 2.52. The summed E-state index contributed by atoms with van der Waals surface area (Å²) in [6.07, 6.45) is 1.68. The Hall–Kier alpha value is -2.14. The monoisotopic (exact) mass is 302 g/mol. The van der Waals surface area contributed by atoms with Gasteiger partial charge >= 0.3 is 0 Å². The Labute approximate surface area is 128 Å². The summed E-state index contributed by atoms with van der Waals surface area (Å²) in [6.45, 7) is 2.15. The highest BCUT2D eigenvalue weighted by molar-refractivity contribution is 5.94. The molecule has 1 aliphatic rings. The van der Waals surface area contributed by atoms with E-state index in [4.69, 9.17) is 0 Å². The molecular weight excluding hydrogens is 283 g/mol. The lowest BCUT2D eigenvalue weighted by molar-refractivity contribution is 0.0705. The third-order valence-corrected chi connectivity index (χ3v) is 4.25. The lowest BCUT2D eigenvalue weighted by Gasteiger charge is -2.25. The quantitative estimate of drug-likeness (QED) is 0.926. The molecule has 2 heterocycles. The Balaban J connectivity index is 1.96. The molecule has 0 saturated carbocycles. The minimum Gasteiger partial charge on any atom is -0.391 e. The molecule has 2 aromatic rings. The molecule has 1 aliphatic heterocycles. The van der Waals surface area contributed by atoms with Gasteiger partial charge in [0.1, 0.15) is 11.5 Å². The molecule has 1 aromatic carbocycles. The molecule has 116 valence electrons. The molecule has 3 rings (SSSR count). The first kappa shape index (κ1) is 14.8. The molecule has 22 heavy (non-hydrogen) atoms. The number of carbonyl (C=O) groups is 1. The van der Waals surface area contributed by atoms with E-state index in [-0.39, 0.29) is 24.3 Å². The summed E-state index contributed by atoms with van der Waals surface area (Å²) in [5, 5.41) is 9.99. The zero-order valence-electron chi connectivity index (χ0n) is 12.7. The van der Waals surface area contributed by atoms with Crippen molar-refractivity contribution < 1.29 is 14.3 Å². The van der Waals surface area contributed by atoms with Crippen molar-refractivity contribution in [3.63, 3.8) is 0 Å². The van der Waals surface area contributed by atoms with Gasteiger partial charge in [-0.05, 0) is 42.7 Å². The number of rotatable bonds is 2. The van der Waals surface area contributed by atoms with Gasteiger partial charge < -0.3 is 14.6 Å². The summed E-state index contributed by atoms with van der Waals surface area (Å²) in [4.78, 5) is 14.5. The largest absolute Gasteiger partial charge is 0.391 e. The van der Waals surface area contributed by atoms with Crippen molar-refractivity contribution >= 4 is 5.91 Å². The van der Waals surface area contributed by atoms with Gasteiger partial charge in [-0.1, -0.05) is 12.1 Å². The van der Waals surface area contributed by atoms with Crippen LogP contribution in [0.2, 0.25) is 0 Å². The predicted octanol–water partition coefficient (Wildman–Crippen LogP) is 2.42. The fourth-order valence-corrected chi connectivity index (χ4v) is 3.18. The van der Waals surface area contributed by atoms with Gasteiger partial charge in [0.15, 0.2) is 0 Å². The number of hydrogen-bond acceptors (Lipinski definition) is 2. The fraction of sp³-hybridized carbons (Fsp3) is 0.353. The lowest BCUT2D eigenvalue weighted by atomic mass is 10.0. The number of benzene rings is 1. The predicted molar refractivity (Wildman–Crippen MR) is 81.0 cm³/mol. The number of nitrogens with zero attached hydrogens (tertiary/aromatic N) is 2. The molecule has 1 saturated heterocycles. The highest BCUT2D eigenvalue weighted by Gasteiger charge is 2.37. The van der Waals surface area contributed by atoms with Crippen LogP contribution in [0.25, 0.3) is 0 Å². The van der Waals surface area contributed by atoms with Crippen molar-refractivity contribution in [3.05, 3.63) is 59.2 Å². The van der Waals surface area contributed by atoms with E-state index in [9.17, 15) is 14.3 Å². The second-order valence-electron chi connectivity index (χ2n) is 5.88. The van der Waals surface area contributed by atoms with E-state index >= 15 is 0 Å². The molecule has 0 unspecified atom stereocenters. The van der Waals surface area contributed by atoms with Crippen molar-refractivity contribution in [2.45, 2.75) is 25.5 Å². The number of β-amino-alcohol motifs (C(OH)–C–C–N with tert-alkyl or cyclic N) is 1. The van der Waals surface area contributed by atoms with Gasteiger partial charge in [-0.2, -0.15) is 0 Å². The van der Waals surface area contributed by atoms with E-state index in [0.29, 0.717) is 12.1 Å². The van der Waals surface area contributed by atoms with Crippen molar-refractivity contribution in [2.75, 3.05) is 6.54 Å². The number of hydrogen-bond donors (Lipinski definition) is 1. The molecule has 0 bridgehead atoms. The number of aryl methyl sites for hydroxylation is 2. The molecule has 4 nitrogen and oxygen atoms in total. The van der Waals surface area contributed by atoms with Crippen LogP contribution in [0.15, 0.2) is 36.5 Å². The lowest BCUT2D eigenvalue weighted by Crippen LogP contribution is -2.33. The van der Waals surface area contributed by atoms with Gasteiger partial charge in [0.2, 0.25) is 0 Å². The number of likely N-dealkylation sites (tertiary alicyclic amines) is 1. The molecule has 2 atom stereocenters. The first-order valence-corrected chi connectivity index (χ1v) is 7.34. The van der Waals surface area contributed by atoms with Gasteiger partial charge in [0, 0.05) is 19.8 Å². The first-order valence-electron chi connectivity index (χ1n) is 7.34. The molecule has 0 radical (unpaired) electrons. The Kier molecular flexibility index (Phi) is 3.74. The van der Waals surface area contributed by atoms with Crippen LogP contribution in [0.1, 0.15) is 34.1 Å². The first-order chi connectivity index (χ1) is 10.5. The highest BCUT2D eigenvalue weighted by atomic mass is 19.1. The van der Waals surface area contributed by atoms with Gasteiger partial charge in [-0.15, -0.1) is 0 Å². The summed E-state index contributed by atoms with van der Waals surface area (Å²) < 4.78 is 15.3. The second kappa shape index (κ2) is 5.57. The van der Waals surface area contributed by atoms with E-state index in [0.717, 1.165) is 11.1 Å². The Morgan fingerprint density at radius 3 is 2.77 bits per heavy atom. The topological polar surface area (TPSA) is 45.5 Å². The average Bonchev–Trinajstić information content (AvgIpc) is 3.02. The number of carbonyl (C=O) groups excluding carboxylic acids is 1. The van der Waals surface area contributed by atoms with Crippen LogP contribution in [0.3, 0.4) is 0 Å². The Bertz CT molecular complexity index is 691. The SMILES string of the molecule is Cc1ccn(C)c1C(=O)N1C[C@@H](O)C[C@H]1c1cccc(F)c1. The molecule has 0 aliphatic carbocycles. The highest BCUT2D eigenvalue weighted by Crippen LogP contribution is 2.34. The summed E-state index contributed by atoms with van der Waals surface area (Å²) in [6, 6.07) is 7.82. The van der Waals surface area contributed by atoms with Crippen molar-refractivity contribution in [1.29, 1.82) is 0 Å². The molecule has 0 spiro atoms. The van der Waals surface area contributed by atoms with Gasteiger partial charge in [-0.3, -0.25) is 4.79 Å². The number of amides is 1. The van der Waals surface area contributed by atoms with Crippen LogP contribution in [0.5, 0.6) is 0 Å². The maximum Gasteiger partial charge on any atom is 0.271 e. The van der Waals surface area contributed by atoms with Crippen LogP contribution < -0.4 is 0 Å². The zero-order valence-corrected chi connectivity index (χ0v) is 12.7. The smallest absolute Gasteiger partial charge is 0.271 e.